The minimum absolute atomic E-state index is 0.408. The predicted octanol–water partition coefficient (Wildman–Crippen LogP) is 3.21. The van der Waals surface area contributed by atoms with Crippen LogP contribution >= 0.6 is 11.6 Å². The third-order valence-electron chi connectivity index (χ3n) is 2.08. The zero-order valence-electron chi connectivity index (χ0n) is 7.85. The van der Waals surface area contributed by atoms with E-state index in [0.29, 0.717) is 10.7 Å². The lowest BCUT2D eigenvalue weighted by Crippen LogP contribution is -1.91. The molecule has 3 heteroatoms. The number of nitrogens with zero attached hydrogens (tertiary/aromatic N) is 1. The van der Waals surface area contributed by atoms with Crippen LogP contribution in [0, 0.1) is 0 Å². The number of carbonyl (C=O) groups excluding carboxylic acids is 1. The van der Waals surface area contributed by atoms with Gasteiger partial charge in [0.05, 0.1) is 5.02 Å². The maximum Gasteiger partial charge on any atom is 0.169 e. The quantitative estimate of drug-likeness (QED) is 0.723. The molecule has 0 aliphatic heterocycles. The van der Waals surface area contributed by atoms with Gasteiger partial charge in [0, 0.05) is 11.8 Å². The van der Waals surface area contributed by atoms with Gasteiger partial charge in [0.1, 0.15) is 5.69 Å². The Morgan fingerprint density at radius 3 is 2.60 bits per heavy atom. The lowest BCUT2D eigenvalue weighted by molar-refractivity contribution is 0.111. The molecule has 0 bridgehead atoms. The highest BCUT2D eigenvalue weighted by Gasteiger charge is 2.05. The zero-order chi connectivity index (χ0) is 10.7. The molecule has 1 aromatic heterocycles. The van der Waals surface area contributed by atoms with E-state index in [-0.39, 0.29) is 0 Å². The first-order valence-corrected chi connectivity index (χ1v) is 4.85. The van der Waals surface area contributed by atoms with E-state index in [1.54, 1.807) is 6.07 Å². The van der Waals surface area contributed by atoms with Crippen molar-refractivity contribution in [2.75, 3.05) is 0 Å². The molecule has 0 aliphatic rings. The fourth-order valence-electron chi connectivity index (χ4n) is 1.39. The summed E-state index contributed by atoms with van der Waals surface area (Å²) in [6.45, 7) is 0. The Kier molecular flexibility index (Phi) is 2.79. The number of aromatic nitrogens is 1. The Morgan fingerprint density at radius 1 is 1.20 bits per heavy atom. The van der Waals surface area contributed by atoms with E-state index in [9.17, 15) is 4.79 Å². The molecule has 74 valence electrons. The Labute approximate surface area is 92.5 Å². The van der Waals surface area contributed by atoms with Crippen molar-refractivity contribution in [2.24, 2.45) is 0 Å². The summed E-state index contributed by atoms with van der Waals surface area (Å²) in [6.07, 6.45) is 2.20. The average molecular weight is 218 g/mol. The summed E-state index contributed by atoms with van der Waals surface area (Å²) in [7, 11) is 0. The van der Waals surface area contributed by atoms with Crippen LogP contribution in [0.2, 0.25) is 5.02 Å². The summed E-state index contributed by atoms with van der Waals surface area (Å²) in [4.78, 5) is 14.8. The van der Waals surface area contributed by atoms with E-state index in [1.807, 2.05) is 30.3 Å². The third kappa shape index (κ3) is 2.05. The van der Waals surface area contributed by atoms with Crippen LogP contribution in [0.1, 0.15) is 10.5 Å². The van der Waals surface area contributed by atoms with Crippen LogP contribution in [-0.2, 0) is 0 Å². The van der Waals surface area contributed by atoms with Gasteiger partial charge in [-0.25, -0.2) is 0 Å². The second-order valence-corrected chi connectivity index (χ2v) is 3.51. The minimum Gasteiger partial charge on any atom is -0.296 e. The summed E-state index contributed by atoms with van der Waals surface area (Å²) >= 11 is 5.85. The van der Waals surface area contributed by atoms with E-state index in [2.05, 4.69) is 4.98 Å². The molecular weight excluding hydrogens is 210 g/mol. The molecule has 0 radical (unpaired) electrons. The monoisotopic (exact) mass is 217 g/mol. The largest absolute Gasteiger partial charge is 0.296 e. The molecule has 0 N–H and O–H groups in total. The van der Waals surface area contributed by atoms with Gasteiger partial charge in [0.25, 0.3) is 0 Å². The summed E-state index contributed by atoms with van der Waals surface area (Å²) in [6, 6.07) is 11.3. The van der Waals surface area contributed by atoms with Gasteiger partial charge in [-0.3, -0.25) is 9.78 Å². The number of pyridine rings is 1. The number of aldehydes is 1. The average Bonchev–Trinajstić information content (AvgIpc) is 2.30. The minimum atomic E-state index is 0.408. The van der Waals surface area contributed by atoms with Crippen molar-refractivity contribution >= 4 is 17.9 Å². The second kappa shape index (κ2) is 4.24. The maximum atomic E-state index is 10.8. The highest BCUT2D eigenvalue weighted by atomic mass is 35.5. The van der Waals surface area contributed by atoms with Crippen LogP contribution in [0.15, 0.2) is 42.6 Å². The van der Waals surface area contributed by atoms with Crippen molar-refractivity contribution in [3.05, 3.63) is 53.3 Å². The van der Waals surface area contributed by atoms with Crippen LogP contribution in [-0.4, -0.2) is 11.3 Å². The molecule has 2 aromatic rings. The number of hydrogen-bond acceptors (Lipinski definition) is 2. The molecule has 15 heavy (non-hydrogen) atoms. The highest BCUT2D eigenvalue weighted by molar-refractivity contribution is 6.30. The van der Waals surface area contributed by atoms with Crippen molar-refractivity contribution in [3.63, 3.8) is 0 Å². The SMILES string of the molecule is O=Cc1ncc(Cl)cc1-c1ccccc1. The molecule has 2 rings (SSSR count). The molecule has 1 heterocycles. The van der Waals surface area contributed by atoms with Crippen LogP contribution in [0.4, 0.5) is 0 Å². The number of halogens is 1. The molecule has 0 fully saturated rings. The summed E-state index contributed by atoms with van der Waals surface area (Å²) in [5, 5.41) is 0.527. The molecule has 0 atom stereocenters. The smallest absolute Gasteiger partial charge is 0.169 e. The summed E-state index contributed by atoms with van der Waals surface area (Å²) in [5.41, 5.74) is 2.11. The number of hydrogen-bond donors (Lipinski definition) is 0. The van der Waals surface area contributed by atoms with Gasteiger partial charge in [-0.2, -0.15) is 0 Å². The highest BCUT2D eigenvalue weighted by Crippen LogP contribution is 2.23. The first kappa shape index (κ1) is 9.87. The molecular formula is C12H8ClNO. The Morgan fingerprint density at radius 2 is 1.93 bits per heavy atom. The van der Waals surface area contributed by atoms with Gasteiger partial charge < -0.3 is 0 Å². The molecule has 0 saturated carbocycles. The van der Waals surface area contributed by atoms with Crippen LogP contribution in [0.25, 0.3) is 11.1 Å². The molecule has 0 amide bonds. The molecule has 0 spiro atoms. The topological polar surface area (TPSA) is 30.0 Å². The predicted molar refractivity (Wildman–Crippen MR) is 60.1 cm³/mol. The first-order chi connectivity index (χ1) is 7.31. The molecule has 1 aromatic carbocycles. The van der Waals surface area contributed by atoms with Gasteiger partial charge in [0.2, 0.25) is 0 Å². The lowest BCUT2D eigenvalue weighted by atomic mass is 10.0. The first-order valence-electron chi connectivity index (χ1n) is 4.47. The molecule has 0 aliphatic carbocycles. The lowest BCUT2D eigenvalue weighted by Gasteiger charge is -2.04. The van der Waals surface area contributed by atoms with Crippen LogP contribution in [0.5, 0.6) is 0 Å². The van der Waals surface area contributed by atoms with E-state index in [1.165, 1.54) is 6.20 Å². The van der Waals surface area contributed by atoms with Gasteiger partial charge in [-0.15, -0.1) is 0 Å². The van der Waals surface area contributed by atoms with Crippen molar-refractivity contribution < 1.29 is 4.79 Å². The maximum absolute atomic E-state index is 10.8. The second-order valence-electron chi connectivity index (χ2n) is 3.07. The summed E-state index contributed by atoms with van der Waals surface area (Å²) in [5.74, 6) is 0. The van der Waals surface area contributed by atoms with Gasteiger partial charge in [0.15, 0.2) is 6.29 Å². The molecule has 0 saturated heterocycles. The van der Waals surface area contributed by atoms with Gasteiger partial charge >= 0.3 is 0 Å². The van der Waals surface area contributed by atoms with Crippen molar-refractivity contribution in [3.8, 4) is 11.1 Å². The fraction of sp³-hybridized carbons (Fsp3) is 0. The zero-order valence-corrected chi connectivity index (χ0v) is 8.61. The van der Waals surface area contributed by atoms with Crippen molar-refractivity contribution in [1.82, 2.24) is 4.98 Å². The Balaban J connectivity index is 2.61. The van der Waals surface area contributed by atoms with Crippen LogP contribution in [0.3, 0.4) is 0 Å². The van der Waals surface area contributed by atoms with Gasteiger partial charge in [-0.05, 0) is 11.6 Å². The fourth-order valence-corrected chi connectivity index (χ4v) is 1.55. The van der Waals surface area contributed by atoms with E-state index >= 15 is 0 Å². The number of rotatable bonds is 2. The van der Waals surface area contributed by atoms with E-state index in [4.69, 9.17) is 11.6 Å². The Hall–Kier alpha value is -1.67. The van der Waals surface area contributed by atoms with Crippen molar-refractivity contribution in [2.45, 2.75) is 0 Å². The number of carbonyl (C=O) groups is 1. The third-order valence-corrected chi connectivity index (χ3v) is 2.29. The normalized spacial score (nSPS) is 9.93. The molecule has 0 unspecified atom stereocenters. The standard InChI is InChI=1S/C12H8ClNO/c13-10-6-11(12(8-15)14-7-10)9-4-2-1-3-5-9/h1-8H. The number of benzene rings is 1. The van der Waals surface area contributed by atoms with Crippen molar-refractivity contribution in [1.29, 1.82) is 0 Å². The van der Waals surface area contributed by atoms with E-state index in [0.717, 1.165) is 17.4 Å². The molecule has 2 nitrogen and oxygen atoms in total. The van der Waals surface area contributed by atoms with Crippen LogP contribution < -0.4 is 0 Å². The Bertz CT molecular complexity index is 482. The van der Waals surface area contributed by atoms with Gasteiger partial charge in [-0.1, -0.05) is 41.9 Å². The van der Waals surface area contributed by atoms with E-state index < -0.39 is 0 Å². The summed E-state index contributed by atoms with van der Waals surface area (Å²) < 4.78 is 0.